The van der Waals surface area contributed by atoms with E-state index in [0.29, 0.717) is 31.1 Å². The number of primary amides is 1. The summed E-state index contributed by atoms with van der Waals surface area (Å²) >= 11 is 0. The first kappa shape index (κ1) is 24.6. The van der Waals surface area contributed by atoms with E-state index < -0.39 is 11.7 Å². The lowest BCUT2D eigenvalue weighted by atomic mass is 9.91. The molecule has 2 amide bonds. The number of rotatable bonds is 6. The van der Waals surface area contributed by atoms with E-state index in [-0.39, 0.29) is 34.9 Å². The number of hydrogen-bond acceptors (Lipinski definition) is 7. The molecule has 0 bridgehead atoms. The predicted molar refractivity (Wildman–Crippen MR) is 139 cm³/mol. The fourth-order valence-electron chi connectivity index (χ4n) is 4.98. The summed E-state index contributed by atoms with van der Waals surface area (Å²) in [6.45, 7) is 0.847. The van der Waals surface area contributed by atoms with Crippen molar-refractivity contribution in [1.29, 1.82) is 0 Å². The molecule has 9 nitrogen and oxygen atoms in total. The molecule has 37 heavy (non-hydrogen) atoms. The van der Waals surface area contributed by atoms with E-state index in [9.17, 15) is 14.0 Å². The van der Waals surface area contributed by atoms with Crippen LogP contribution in [0.1, 0.15) is 57.5 Å². The summed E-state index contributed by atoms with van der Waals surface area (Å²) in [6.07, 6.45) is 6.12. The number of nitrogens with zero attached hydrogens (tertiary/aromatic N) is 3. The van der Waals surface area contributed by atoms with Gasteiger partial charge in [-0.15, -0.1) is 0 Å². The second-order valence-electron chi connectivity index (χ2n) is 9.58. The average Bonchev–Trinajstić information content (AvgIpc) is 2.89. The van der Waals surface area contributed by atoms with E-state index in [4.69, 9.17) is 11.5 Å². The highest BCUT2D eigenvalue weighted by Gasteiger charge is 2.25. The first-order valence-corrected chi connectivity index (χ1v) is 12.5. The van der Waals surface area contributed by atoms with Crippen LogP contribution in [0.2, 0.25) is 0 Å². The monoisotopic (exact) mass is 503 g/mol. The van der Waals surface area contributed by atoms with Crippen molar-refractivity contribution in [1.82, 2.24) is 14.9 Å². The fraction of sp³-hybridized carbons (Fsp3) is 0.333. The van der Waals surface area contributed by atoms with Crippen LogP contribution in [0, 0.1) is 5.82 Å². The van der Waals surface area contributed by atoms with Crippen molar-refractivity contribution in [2.45, 2.75) is 50.7 Å². The third-order valence-corrected chi connectivity index (χ3v) is 7.06. The number of amides is 2. The summed E-state index contributed by atoms with van der Waals surface area (Å²) in [5.74, 6) is -0.873. The van der Waals surface area contributed by atoms with Crippen molar-refractivity contribution < 1.29 is 14.0 Å². The summed E-state index contributed by atoms with van der Waals surface area (Å²) in [5.41, 5.74) is 14.8. The lowest BCUT2D eigenvalue weighted by Crippen LogP contribution is -2.43. The van der Waals surface area contributed by atoms with Crippen LogP contribution in [0.15, 0.2) is 48.7 Å². The summed E-state index contributed by atoms with van der Waals surface area (Å²) in [6, 6.07) is 11.9. The standard InChI is InChI=1S/C27H30FN7O2/c28-21-6-2-1-5-19(21)26(37)35-12-11-16-9-10-18(13-17(16)15-35)32-25-20(24(30)36)14-31-27(34-25)33-23-8-4-3-7-22(23)29/h1-2,5-6,9-10,13-14,22-23H,3-4,7-8,11-12,15,29H2,(H2,30,36)(H2,31,32,33,34). The Labute approximate surface area is 214 Å². The molecule has 0 spiro atoms. The third-order valence-electron chi connectivity index (χ3n) is 7.06. The Morgan fingerprint density at radius 3 is 2.65 bits per heavy atom. The van der Waals surface area contributed by atoms with Gasteiger partial charge in [-0.25, -0.2) is 9.37 Å². The number of nitrogens with one attached hydrogen (secondary N) is 2. The molecule has 1 aromatic heterocycles. The van der Waals surface area contributed by atoms with E-state index in [1.54, 1.807) is 17.0 Å². The average molecular weight is 504 g/mol. The lowest BCUT2D eigenvalue weighted by molar-refractivity contribution is 0.0729. The van der Waals surface area contributed by atoms with Crippen LogP contribution in [-0.4, -0.2) is 45.3 Å². The second-order valence-corrected chi connectivity index (χ2v) is 9.58. The molecule has 2 aliphatic rings. The third kappa shape index (κ3) is 5.39. The Morgan fingerprint density at radius 1 is 1.05 bits per heavy atom. The summed E-state index contributed by atoms with van der Waals surface area (Å²) in [7, 11) is 0. The highest BCUT2D eigenvalue weighted by molar-refractivity contribution is 5.98. The SMILES string of the molecule is NC(=O)c1cnc(NC2CCCCC2N)nc1Nc1ccc2c(c1)CN(C(=O)c1ccccc1F)CC2. The molecule has 3 aromatic rings. The quantitative estimate of drug-likeness (QED) is 0.405. The molecule has 0 radical (unpaired) electrons. The molecule has 1 aliphatic carbocycles. The molecular weight excluding hydrogens is 473 g/mol. The van der Waals surface area contributed by atoms with Gasteiger partial charge in [-0.3, -0.25) is 9.59 Å². The molecule has 1 aliphatic heterocycles. The van der Waals surface area contributed by atoms with Gasteiger partial charge in [-0.1, -0.05) is 31.0 Å². The van der Waals surface area contributed by atoms with Gasteiger partial charge in [0.05, 0.1) is 5.56 Å². The number of benzene rings is 2. The van der Waals surface area contributed by atoms with Crippen LogP contribution in [-0.2, 0) is 13.0 Å². The van der Waals surface area contributed by atoms with Crippen LogP contribution in [0.5, 0.6) is 0 Å². The molecule has 1 saturated carbocycles. The first-order valence-electron chi connectivity index (χ1n) is 12.5. The minimum absolute atomic E-state index is 0.0141. The number of nitrogens with two attached hydrogens (primary N) is 2. The van der Waals surface area contributed by atoms with Gasteiger partial charge in [0, 0.05) is 37.1 Å². The van der Waals surface area contributed by atoms with Gasteiger partial charge in [-0.05, 0) is 54.7 Å². The number of fused-ring (bicyclic) bond motifs is 1. The zero-order valence-corrected chi connectivity index (χ0v) is 20.4. The molecule has 2 aromatic carbocycles. The second kappa shape index (κ2) is 10.5. The van der Waals surface area contributed by atoms with Crippen molar-refractivity contribution in [3.63, 3.8) is 0 Å². The van der Waals surface area contributed by atoms with Crippen molar-refractivity contribution in [3.8, 4) is 0 Å². The normalized spacial score (nSPS) is 19.1. The topological polar surface area (TPSA) is 139 Å². The van der Waals surface area contributed by atoms with Crippen molar-refractivity contribution in [2.75, 3.05) is 17.2 Å². The van der Waals surface area contributed by atoms with Crippen LogP contribution in [0.3, 0.4) is 0 Å². The van der Waals surface area contributed by atoms with Crippen LogP contribution < -0.4 is 22.1 Å². The van der Waals surface area contributed by atoms with E-state index >= 15 is 0 Å². The number of carbonyl (C=O) groups excluding carboxylic acids is 2. The summed E-state index contributed by atoms with van der Waals surface area (Å²) < 4.78 is 14.2. The smallest absolute Gasteiger partial charge is 0.257 e. The number of anilines is 3. The Morgan fingerprint density at radius 2 is 1.86 bits per heavy atom. The van der Waals surface area contributed by atoms with E-state index in [0.717, 1.165) is 36.8 Å². The Bertz CT molecular complexity index is 1330. The Kier molecular flexibility index (Phi) is 7.00. The summed E-state index contributed by atoms with van der Waals surface area (Å²) in [4.78, 5) is 35.4. The van der Waals surface area contributed by atoms with Gasteiger partial charge < -0.3 is 27.0 Å². The van der Waals surface area contributed by atoms with E-state index in [1.165, 1.54) is 18.3 Å². The largest absolute Gasteiger partial charge is 0.365 e. The van der Waals surface area contributed by atoms with E-state index in [1.807, 2.05) is 18.2 Å². The minimum Gasteiger partial charge on any atom is -0.365 e. The Hall–Kier alpha value is -4.05. The maximum absolute atomic E-state index is 14.2. The van der Waals surface area contributed by atoms with Gasteiger partial charge in [0.2, 0.25) is 5.95 Å². The molecule has 2 unspecified atom stereocenters. The number of hydrogen-bond donors (Lipinski definition) is 4. The van der Waals surface area contributed by atoms with Gasteiger partial charge in [0.25, 0.3) is 11.8 Å². The molecule has 6 N–H and O–H groups in total. The highest BCUT2D eigenvalue weighted by atomic mass is 19.1. The van der Waals surface area contributed by atoms with Crippen molar-refractivity contribution in [2.24, 2.45) is 11.5 Å². The Balaban J connectivity index is 1.36. The van der Waals surface area contributed by atoms with Crippen LogP contribution in [0.25, 0.3) is 0 Å². The molecule has 0 saturated heterocycles. The van der Waals surface area contributed by atoms with Crippen molar-refractivity contribution >= 4 is 29.3 Å². The van der Waals surface area contributed by atoms with Gasteiger partial charge in [0.1, 0.15) is 17.2 Å². The first-order chi connectivity index (χ1) is 17.9. The fourth-order valence-corrected chi connectivity index (χ4v) is 4.98. The number of carbonyl (C=O) groups is 2. The molecule has 5 rings (SSSR count). The molecule has 2 heterocycles. The van der Waals surface area contributed by atoms with E-state index in [2.05, 4.69) is 20.6 Å². The van der Waals surface area contributed by atoms with Gasteiger partial charge >= 0.3 is 0 Å². The van der Waals surface area contributed by atoms with Crippen LogP contribution >= 0.6 is 0 Å². The zero-order valence-electron chi connectivity index (χ0n) is 20.4. The molecule has 2 atom stereocenters. The van der Waals surface area contributed by atoms with Gasteiger partial charge in [0.15, 0.2) is 0 Å². The van der Waals surface area contributed by atoms with Gasteiger partial charge in [-0.2, -0.15) is 4.98 Å². The number of halogens is 1. The number of aromatic nitrogens is 2. The molecule has 1 fully saturated rings. The van der Waals surface area contributed by atoms with Crippen molar-refractivity contribution in [3.05, 3.63) is 76.7 Å². The molecule has 192 valence electrons. The molecular formula is C27H30FN7O2. The predicted octanol–water partition coefficient (Wildman–Crippen LogP) is 3.34. The summed E-state index contributed by atoms with van der Waals surface area (Å²) in [5, 5.41) is 6.49. The molecule has 10 heteroatoms. The minimum atomic E-state index is -0.650. The maximum atomic E-state index is 14.2. The lowest BCUT2D eigenvalue weighted by Gasteiger charge is -2.30. The van der Waals surface area contributed by atoms with Crippen LogP contribution in [0.4, 0.5) is 21.8 Å². The maximum Gasteiger partial charge on any atom is 0.257 e. The zero-order chi connectivity index (χ0) is 25.9. The highest BCUT2D eigenvalue weighted by Crippen LogP contribution is 2.27.